The molecule has 202 valence electrons. The zero-order valence-corrected chi connectivity index (χ0v) is 27.3. The van der Waals surface area contributed by atoms with Gasteiger partial charge in [-0.25, -0.2) is 0 Å². The van der Waals surface area contributed by atoms with Gasteiger partial charge in [-0.05, 0) is 83.9 Å². The SMILES string of the molecule is COP(C)C.F[B-](F)(F)F.[CH2-]C(C)(CP(C)C)c1cccc(C(C)(CP(C)C)CP(C)C)n1.[Fe+2]. The van der Waals surface area contributed by atoms with Gasteiger partial charge in [-0.15, -0.1) is 29.2 Å². The number of rotatable bonds is 9. The number of halogens is 4. The Morgan fingerprint density at radius 2 is 1.15 bits per heavy atom. The van der Waals surface area contributed by atoms with Gasteiger partial charge in [0.15, 0.2) is 0 Å². The van der Waals surface area contributed by atoms with Gasteiger partial charge in [-0.3, -0.25) is 4.98 Å². The van der Waals surface area contributed by atoms with Crippen LogP contribution in [-0.4, -0.2) is 91.2 Å². The summed E-state index contributed by atoms with van der Waals surface area (Å²) in [6, 6.07) is 6.63. The van der Waals surface area contributed by atoms with Crippen molar-refractivity contribution in [3.63, 3.8) is 0 Å². The third kappa shape index (κ3) is 21.2. The van der Waals surface area contributed by atoms with E-state index in [1.807, 2.05) is 0 Å². The van der Waals surface area contributed by atoms with Crippen LogP contribution in [0.25, 0.3) is 0 Å². The Morgan fingerprint density at radius 3 is 1.44 bits per heavy atom. The van der Waals surface area contributed by atoms with Crippen molar-refractivity contribution in [1.29, 1.82) is 0 Å². The third-order valence-corrected chi connectivity index (χ3v) is 9.07. The summed E-state index contributed by atoms with van der Waals surface area (Å²) >= 11 is 0. The van der Waals surface area contributed by atoms with Crippen molar-refractivity contribution in [1.82, 2.24) is 4.98 Å². The molecule has 0 bridgehead atoms. The van der Waals surface area contributed by atoms with E-state index in [0.29, 0.717) is 0 Å². The molecule has 1 unspecified atom stereocenters. The molecule has 0 amide bonds. The van der Waals surface area contributed by atoms with E-state index in [0.717, 1.165) is 6.16 Å². The molecule has 0 fully saturated rings. The van der Waals surface area contributed by atoms with Crippen LogP contribution in [0.15, 0.2) is 18.2 Å². The Hall–Kier alpha value is 1.13. The summed E-state index contributed by atoms with van der Waals surface area (Å²) in [4.78, 5) is 5.14. The average molecular weight is 605 g/mol. The first-order valence-corrected chi connectivity index (χ1v) is 20.0. The van der Waals surface area contributed by atoms with Crippen LogP contribution in [0.4, 0.5) is 17.3 Å². The summed E-state index contributed by atoms with van der Waals surface area (Å²) in [5, 5.41) is 0. The van der Waals surface area contributed by atoms with Crippen molar-refractivity contribution in [2.75, 3.05) is 78.9 Å². The number of pyridine rings is 1. The molecule has 0 radical (unpaired) electrons. The summed E-state index contributed by atoms with van der Waals surface area (Å²) in [7, 11) is -4.22. The molecule has 0 aliphatic carbocycles. The van der Waals surface area contributed by atoms with E-state index in [2.05, 4.69) is 92.3 Å². The molecule has 12 heteroatoms. The Kier molecular flexibility index (Phi) is 21.5. The molecule has 1 aromatic rings. The molecule has 1 aromatic heterocycles. The average Bonchev–Trinajstić information content (AvgIpc) is 2.58. The molecule has 0 aliphatic rings. The zero-order valence-electron chi connectivity index (χ0n) is 22.6. The van der Waals surface area contributed by atoms with E-state index in [-0.39, 0.29) is 59.8 Å². The summed E-state index contributed by atoms with van der Waals surface area (Å²) in [5.74, 6) is 0. The number of aromatic nitrogens is 1. The predicted octanol–water partition coefficient (Wildman–Crippen LogP) is 8.24. The van der Waals surface area contributed by atoms with Crippen LogP contribution >= 0.6 is 31.9 Å². The molecule has 0 aromatic carbocycles. The maximum Gasteiger partial charge on any atom is 2.00 e. The molecule has 0 aliphatic heterocycles. The minimum absolute atomic E-state index is 0. The molecule has 0 saturated heterocycles. The fourth-order valence-electron chi connectivity index (χ4n) is 3.49. The van der Waals surface area contributed by atoms with E-state index < -0.39 is 7.25 Å². The van der Waals surface area contributed by atoms with E-state index in [4.69, 9.17) is 9.51 Å². The molecule has 1 atom stereocenters. The predicted molar refractivity (Wildman–Crippen MR) is 151 cm³/mol. The van der Waals surface area contributed by atoms with Gasteiger partial charge in [0.05, 0.1) is 0 Å². The number of hydrogen-bond donors (Lipinski definition) is 0. The number of hydrogen-bond acceptors (Lipinski definition) is 2. The quantitative estimate of drug-likeness (QED) is 0.123. The van der Waals surface area contributed by atoms with Crippen LogP contribution in [-0.2, 0) is 32.4 Å². The molecular formula is C22H44BF4FeNOP4. The molecule has 0 N–H and O–H groups in total. The topological polar surface area (TPSA) is 22.1 Å². The van der Waals surface area contributed by atoms with Crippen molar-refractivity contribution in [3.05, 3.63) is 36.5 Å². The van der Waals surface area contributed by atoms with E-state index >= 15 is 0 Å². The van der Waals surface area contributed by atoms with Crippen LogP contribution in [0.1, 0.15) is 25.2 Å². The van der Waals surface area contributed by atoms with Gasteiger partial charge in [-0.2, -0.15) is 0 Å². The van der Waals surface area contributed by atoms with Crippen molar-refractivity contribution in [3.8, 4) is 0 Å². The first-order chi connectivity index (χ1) is 14.7. The normalized spacial score (nSPS) is 13.6. The third-order valence-electron chi connectivity index (χ3n) is 4.35. The Bertz CT molecular complexity index is 650. The minimum atomic E-state index is -6.00. The van der Waals surface area contributed by atoms with Crippen molar-refractivity contribution in [2.45, 2.75) is 24.7 Å². The summed E-state index contributed by atoms with van der Waals surface area (Å²) in [5.41, 5.74) is 2.59. The van der Waals surface area contributed by atoms with Crippen molar-refractivity contribution < 1.29 is 38.9 Å². The maximum atomic E-state index is 9.75. The largest absolute Gasteiger partial charge is 2.00 e. The van der Waals surface area contributed by atoms with E-state index in [1.54, 1.807) is 7.11 Å². The van der Waals surface area contributed by atoms with Crippen molar-refractivity contribution in [2.24, 2.45) is 0 Å². The van der Waals surface area contributed by atoms with Crippen LogP contribution in [0.2, 0.25) is 0 Å². The van der Waals surface area contributed by atoms with Gasteiger partial charge < -0.3 is 28.7 Å². The Labute approximate surface area is 222 Å². The summed E-state index contributed by atoms with van der Waals surface area (Å²) in [6.07, 6.45) is 3.67. The van der Waals surface area contributed by atoms with Gasteiger partial charge >= 0.3 is 24.3 Å². The second kappa shape index (κ2) is 18.4. The summed E-state index contributed by atoms with van der Waals surface area (Å²) in [6.45, 7) is 27.5. The fraction of sp³-hybridized carbons (Fsp3) is 0.727. The van der Waals surface area contributed by atoms with Crippen LogP contribution in [0, 0.1) is 6.92 Å². The standard InChI is InChI=1S/C19H35NP3.C3H9OP.BF4.Fe/c1-18(2,13-21(4)5)16-11-10-12-17(20-16)19(3,14-22(6)7)15-23(8)9;1-4-5(2)3;2-1(3,4)5;/h10-12H,1,13-15H2,2-9H3;1-3H3;;/q-1;;-1;+2. The second-order valence-corrected chi connectivity index (χ2v) is 19.1. The van der Waals surface area contributed by atoms with E-state index in [1.165, 1.54) is 23.7 Å². The Morgan fingerprint density at radius 1 is 0.824 bits per heavy atom. The summed E-state index contributed by atoms with van der Waals surface area (Å²) < 4.78 is 43.8. The molecule has 34 heavy (non-hydrogen) atoms. The molecule has 2 nitrogen and oxygen atoms in total. The van der Waals surface area contributed by atoms with Gasteiger partial charge in [0.25, 0.3) is 0 Å². The minimum Gasteiger partial charge on any atom is -0.418 e. The van der Waals surface area contributed by atoms with Gasteiger partial charge in [0.1, 0.15) is 0 Å². The molecule has 0 spiro atoms. The fourth-order valence-corrected chi connectivity index (χ4v) is 8.57. The number of nitrogens with zero attached hydrogens (tertiary/aromatic N) is 1. The van der Waals surface area contributed by atoms with Crippen LogP contribution in [0.5, 0.6) is 0 Å². The molecule has 1 rings (SSSR count). The zero-order chi connectivity index (χ0) is 26.6. The smallest absolute Gasteiger partial charge is 0.418 e. The van der Waals surface area contributed by atoms with Crippen LogP contribution in [0.3, 0.4) is 0 Å². The van der Waals surface area contributed by atoms with Gasteiger partial charge in [0.2, 0.25) is 0 Å². The first kappa shape index (κ1) is 39.6. The first-order valence-electron chi connectivity index (χ1n) is 10.6. The van der Waals surface area contributed by atoms with Gasteiger partial charge in [0, 0.05) is 32.1 Å². The Balaban J connectivity index is -0.000000734. The molecular weight excluding hydrogens is 561 g/mol. The van der Waals surface area contributed by atoms with Crippen LogP contribution < -0.4 is 0 Å². The molecule has 0 saturated carbocycles. The van der Waals surface area contributed by atoms with Gasteiger partial charge in [-0.1, -0.05) is 19.9 Å². The second-order valence-electron chi connectivity index (χ2n) is 9.73. The molecule has 1 heterocycles. The monoisotopic (exact) mass is 605 g/mol. The van der Waals surface area contributed by atoms with E-state index in [9.17, 15) is 17.3 Å². The maximum absolute atomic E-state index is 9.75. The van der Waals surface area contributed by atoms with Crippen molar-refractivity contribution >= 4 is 39.2 Å².